The fraction of sp³-hybridized carbons (Fsp3) is 0.381. The number of rotatable bonds is 4. The number of nitrogens with one attached hydrogen (secondary N) is 2. The van der Waals surface area contributed by atoms with Crippen molar-refractivity contribution in [1.82, 2.24) is 5.32 Å². The molecule has 4 nitrogen and oxygen atoms in total. The monoisotopic (exact) mass is 368 g/mol. The highest BCUT2D eigenvalue weighted by Crippen LogP contribution is 2.53. The Labute approximate surface area is 159 Å². The second kappa shape index (κ2) is 7.16. The smallest absolute Gasteiger partial charge is 0.226 e. The van der Waals surface area contributed by atoms with E-state index < -0.39 is 0 Å². The number of ketones is 1. The third-order valence-electron chi connectivity index (χ3n) is 5.65. The van der Waals surface area contributed by atoms with Gasteiger partial charge in [-0.2, -0.15) is 0 Å². The molecule has 0 bridgehead atoms. The summed E-state index contributed by atoms with van der Waals surface area (Å²) in [4.78, 5) is 23.9. The van der Waals surface area contributed by atoms with Gasteiger partial charge < -0.3 is 10.6 Å². The molecule has 0 saturated heterocycles. The molecular formula is C21H24N2O2S. The Balaban J connectivity index is 1.54. The Morgan fingerprint density at radius 3 is 2.50 bits per heavy atom. The average molecular weight is 369 g/mol. The van der Waals surface area contributed by atoms with Gasteiger partial charge in [-0.05, 0) is 59.8 Å². The number of Topliss-reactive ketones (excluding diaryl/α,β-unsaturated/α-hetero) is 1. The highest BCUT2D eigenvalue weighted by atomic mass is 32.1. The lowest BCUT2D eigenvalue weighted by molar-refractivity contribution is -0.140. The molecule has 1 aliphatic carbocycles. The zero-order valence-electron chi connectivity index (χ0n) is 15.3. The predicted molar refractivity (Wildman–Crippen MR) is 109 cm³/mol. The van der Waals surface area contributed by atoms with E-state index in [0.29, 0.717) is 11.5 Å². The van der Waals surface area contributed by atoms with Gasteiger partial charge in [-0.1, -0.05) is 44.2 Å². The number of amides is 1. The number of benzene rings is 2. The van der Waals surface area contributed by atoms with Gasteiger partial charge in [-0.15, -0.1) is 0 Å². The van der Waals surface area contributed by atoms with Crippen LogP contribution < -0.4 is 10.6 Å². The molecule has 1 aliphatic rings. The number of carbonyl (C=O) groups is 2. The lowest BCUT2D eigenvalue weighted by Gasteiger charge is -2.51. The first-order chi connectivity index (χ1) is 12.3. The fourth-order valence-electron chi connectivity index (χ4n) is 3.88. The van der Waals surface area contributed by atoms with Gasteiger partial charge in [0.2, 0.25) is 5.91 Å². The summed E-state index contributed by atoms with van der Waals surface area (Å²) in [5.41, 5.74) is 0.714. The third-order valence-corrected chi connectivity index (χ3v) is 5.86. The van der Waals surface area contributed by atoms with Crippen LogP contribution in [0.1, 0.15) is 33.6 Å². The van der Waals surface area contributed by atoms with Crippen molar-refractivity contribution >= 4 is 45.5 Å². The first-order valence-corrected chi connectivity index (χ1v) is 9.28. The van der Waals surface area contributed by atoms with Crippen molar-refractivity contribution in [3.8, 4) is 0 Å². The van der Waals surface area contributed by atoms with Gasteiger partial charge in [0.1, 0.15) is 5.78 Å². The molecule has 1 amide bonds. The number of carbonyl (C=O) groups excluding carboxylic acids is 2. The van der Waals surface area contributed by atoms with Crippen molar-refractivity contribution in [2.75, 3.05) is 5.32 Å². The molecule has 2 aromatic rings. The van der Waals surface area contributed by atoms with Crippen LogP contribution in [0.3, 0.4) is 0 Å². The van der Waals surface area contributed by atoms with E-state index in [1.165, 1.54) is 0 Å². The summed E-state index contributed by atoms with van der Waals surface area (Å²) in [7, 11) is 0. The quantitative estimate of drug-likeness (QED) is 0.790. The molecule has 1 saturated carbocycles. The maximum absolute atomic E-state index is 12.3. The summed E-state index contributed by atoms with van der Waals surface area (Å²) in [5.74, 6) is 0.367. The lowest BCUT2D eigenvalue weighted by Crippen LogP contribution is -2.50. The molecule has 0 unspecified atom stereocenters. The van der Waals surface area contributed by atoms with E-state index in [2.05, 4.69) is 24.5 Å². The molecular weight excluding hydrogens is 344 g/mol. The maximum Gasteiger partial charge on any atom is 0.226 e. The second-order valence-electron chi connectivity index (χ2n) is 7.69. The minimum absolute atomic E-state index is 0.0583. The van der Waals surface area contributed by atoms with Crippen LogP contribution in [0.5, 0.6) is 0 Å². The SMILES string of the molecule is CC(=O)[C@H]1C[C@@H](CC(=O)NC(=S)Nc2ccc3ccccc3c2)C1(C)C. The zero-order valence-corrected chi connectivity index (χ0v) is 16.2. The maximum atomic E-state index is 12.3. The fourth-order valence-corrected chi connectivity index (χ4v) is 4.11. The van der Waals surface area contributed by atoms with Crippen LogP contribution in [0, 0.1) is 17.3 Å². The molecule has 0 radical (unpaired) electrons. The van der Waals surface area contributed by atoms with Crippen molar-refractivity contribution in [2.24, 2.45) is 17.3 Å². The largest absolute Gasteiger partial charge is 0.332 e. The molecule has 1 fully saturated rings. The van der Waals surface area contributed by atoms with Crippen LogP contribution in [-0.2, 0) is 9.59 Å². The standard InChI is InChI=1S/C21H24N2O2S/c1-13(24)18-11-16(21(18,2)3)12-19(25)23-20(26)22-17-9-8-14-6-4-5-7-15(14)10-17/h4-10,16,18H,11-12H2,1-3H3,(H2,22,23,25,26)/t16-,18+/m0/s1. The number of hydrogen-bond acceptors (Lipinski definition) is 3. The molecule has 0 heterocycles. The first-order valence-electron chi connectivity index (χ1n) is 8.87. The Bertz CT molecular complexity index is 875. The summed E-state index contributed by atoms with van der Waals surface area (Å²) in [6, 6.07) is 14.0. The second-order valence-corrected chi connectivity index (χ2v) is 8.09. The predicted octanol–water partition coefficient (Wildman–Crippen LogP) is 4.29. The number of anilines is 1. The van der Waals surface area contributed by atoms with Crippen molar-refractivity contribution in [1.29, 1.82) is 0 Å². The third kappa shape index (κ3) is 3.78. The molecule has 0 aromatic heterocycles. The summed E-state index contributed by atoms with van der Waals surface area (Å²) in [6.07, 6.45) is 1.16. The highest BCUT2D eigenvalue weighted by molar-refractivity contribution is 7.80. The molecule has 0 spiro atoms. The molecule has 136 valence electrons. The van der Waals surface area contributed by atoms with Gasteiger partial charge in [0.15, 0.2) is 5.11 Å². The van der Waals surface area contributed by atoms with E-state index in [1.54, 1.807) is 6.92 Å². The van der Waals surface area contributed by atoms with Crippen LogP contribution in [-0.4, -0.2) is 16.8 Å². The van der Waals surface area contributed by atoms with Crippen LogP contribution in [0.15, 0.2) is 42.5 Å². The summed E-state index contributed by atoms with van der Waals surface area (Å²) < 4.78 is 0. The van der Waals surface area contributed by atoms with Gasteiger partial charge in [-0.25, -0.2) is 0 Å². The average Bonchev–Trinajstić information content (AvgIpc) is 2.57. The van der Waals surface area contributed by atoms with Gasteiger partial charge in [0.05, 0.1) is 0 Å². The van der Waals surface area contributed by atoms with Crippen molar-refractivity contribution in [3.63, 3.8) is 0 Å². The number of thiocarbonyl (C=S) groups is 1. The van der Waals surface area contributed by atoms with Gasteiger partial charge in [0.25, 0.3) is 0 Å². The summed E-state index contributed by atoms with van der Waals surface area (Å²) >= 11 is 5.27. The van der Waals surface area contributed by atoms with E-state index in [0.717, 1.165) is 22.9 Å². The van der Waals surface area contributed by atoms with Gasteiger partial charge in [0, 0.05) is 18.0 Å². The summed E-state index contributed by atoms with van der Waals surface area (Å²) in [6.45, 7) is 5.75. The molecule has 3 rings (SSSR count). The van der Waals surface area contributed by atoms with E-state index in [4.69, 9.17) is 12.2 Å². The number of hydrogen-bond donors (Lipinski definition) is 2. The molecule has 2 aromatic carbocycles. The van der Waals surface area contributed by atoms with Crippen molar-refractivity contribution in [2.45, 2.75) is 33.6 Å². The molecule has 2 N–H and O–H groups in total. The van der Waals surface area contributed by atoms with E-state index in [1.807, 2.05) is 42.5 Å². The van der Waals surface area contributed by atoms with Gasteiger partial charge >= 0.3 is 0 Å². The zero-order chi connectivity index (χ0) is 18.9. The van der Waals surface area contributed by atoms with Crippen molar-refractivity contribution in [3.05, 3.63) is 42.5 Å². The molecule has 5 heteroatoms. The minimum atomic E-state index is -0.128. The normalized spacial score (nSPS) is 20.9. The van der Waals surface area contributed by atoms with Crippen LogP contribution in [0.2, 0.25) is 0 Å². The number of fused-ring (bicyclic) bond motifs is 1. The topological polar surface area (TPSA) is 58.2 Å². The molecule has 0 aliphatic heterocycles. The first kappa shape index (κ1) is 18.5. The lowest BCUT2D eigenvalue weighted by atomic mass is 9.52. The van der Waals surface area contributed by atoms with E-state index in [-0.39, 0.29) is 28.9 Å². The minimum Gasteiger partial charge on any atom is -0.332 e. The Morgan fingerprint density at radius 2 is 1.85 bits per heavy atom. The van der Waals surface area contributed by atoms with E-state index in [9.17, 15) is 9.59 Å². The Morgan fingerprint density at radius 1 is 1.15 bits per heavy atom. The molecule has 2 atom stereocenters. The van der Waals surface area contributed by atoms with Crippen LogP contribution >= 0.6 is 12.2 Å². The van der Waals surface area contributed by atoms with Crippen LogP contribution in [0.25, 0.3) is 10.8 Å². The Hall–Kier alpha value is -2.27. The molecule has 26 heavy (non-hydrogen) atoms. The summed E-state index contributed by atoms with van der Waals surface area (Å²) in [5, 5.41) is 8.38. The van der Waals surface area contributed by atoms with Gasteiger partial charge in [-0.3, -0.25) is 9.59 Å². The Kier molecular flexibility index (Phi) is 5.10. The van der Waals surface area contributed by atoms with E-state index >= 15 is 0 Å². The highest BCUT2D eigenvalue weighted by Gasteiger charge is 2.50. The van der Waals surface area contributed by atoms with Crippen LogP contribution in [0.4, 0.5) is 5.69 Å². The van der Waals surface area contributed by atoms with Crippen molar-refractivity contribution < 1.29 is 9.59 Å².